The van der Waals surface area contributed by atoms with E-state index < -0.39 is 5.91 Å². The van der Waals surface area contributed by atoms with Crippen LogP contribution in [0.15, 0.2) is 36.4 Å². The molecule has 0 saturated carbocycles. The number of aryl methyl sites for hydroxylation is 2. The maximum absolute atomic E-state index is 11.9. The zero-order valence-electron chi connectivity index (χ0n) is 15.2. The van der Waals surface area contributed by atoms with Gasteiger partial charge in [0.25, 0.3) is 0 Å². The number of amides is 1. The third kappa shape index (κ3) is 4.31. The van der Waals surface area contributed by atoms with Gasteiger partial charge in [0.2, 0.25) is 5.91 Å². The molecule has 0 saturated heterocycles. The molecule has 1 N–H and O–H groups in total. The molecule has 0 spiro atoms. The predicted molar refractivity (Wildman–Crippen MR) is 97.4 cm³/mol. The first-order valence-electron chi connectivity index (χ1n) is 8.41. The van der Waals surface area contributed by atoms with Crippen molar-refractivity contribution in [1.82, 2.24) is 0 Å². The molecule has 134 valence electrons. The molecule has 0 aliphatic carbocycles. The van der Waals surface area contributed by atoms with Gasteiger partial charge < -0.3 is 9.47 Å². The number of carbonyl (C=O) groups is 1. The van der Waals surface area contributed by atoms with E-state index in [1.807, 2.05) is 19.1 Å². The van der Waals surface area contributed by atoms with Gasteiger partial charge in [-0.3, -0.25) is 10.0 Å². The van der Waals surface area contributed by atoms with Gasteiger partial charge in [-0.05, 0) is 42.7 Å². The summed E-state index contributed by atoms with van der Waals surface area (Å²) in [5.41, 5.74) is 3.28. The topological polar surface area (TPSA) is 59.0 Å². The van der Waals surface area contributed by atoms with Crippen LogP contribution in [0.2, 0.25) is 0 Å². The van der Waals surface area contributed by atoms with Gasteiger partial charge in [-0.25, -0.2) is 0 Å². The summed E-state index contributed by atoms with van der Waals surface area (Å²) in [5, 5.41) is 10.8. The number of hydroxylamine groups is 1. The number of anilines is 1. The van der Waals surface area contributed by atoms with Crippen molar-refractivity contribution in [3.63, 3.8) is 0 Å². The van der Waals surface area contributed by atoms with Crippen LogP contribution in [0.4, 0.5) is 5.69 Å². The minimum atomic E-state index is -0.391. The fourth-order valence-corrected chi connectivity index (χ4v) is 2.62. The van der Waals surface area contributed by atoms with E-state index in [1.165, 1.54) is 5.56 Å². The molecule has 0 aromatic heterocycles. The lowest BCUT2D eigenvalue weighted by atomic mass is 10.1. The maximum atomic E-state index is 11.9. The predicted octanol–water partition coefficient (Wildman–Crippen LogP) is 4.28. The lowest BCUT2D eigenvalue weighted by Gasteiger charge is -2.20. The van der Waals surface area contributed by atoms with Crippen molar-refractivity contribution in [3.05, 3.63) is 53.1 Å². The van der Waals surface area contributed by atoms with Gasteiger partial charge in [0.1, 0.15) is 18.1 Å². The molecule has 0 aliphatic heterocycles. The molecule has 25 heavy (non-hydrogen) atoms. The summed E-state index contributed by atoms with van der Waals surface area (Å²) in [7, 11) is 1.55. The summed E-state index contributed by atoms with van der Waals surface area (Å²) in [6.07, 6.45) is 1.17. The number of rotatable bonds is 7. The highest BCUT2D eigenvalue weighted by Gasteiger charge is 2.19. The van der Waals surface area contributed by atoms with Crippen molar-refractivity contribution in [2.24, 2.45) is 0 Å². The maximum Gasteiger partial charge on any atom is 0.250 e. The van der Waals surface area contributed by atoms with Gasteiger partial charge in [0, 0.05) is 6.42 Å². The Balaban J connectivity index is 2.30. The fraction of sp³-hybridized carbons (Fsp3) is 0.350. The average Bonchev–Trinajstić information content (AvgIpc) is 2.65. The highest BCUT2D eigenvalue weighted by atomic mass is 16.5. The third-order valence-corrected chi connectivity index (χ3v) is 4.11. The van der Waals surface area contributed by atoms with Gasteiger partial charge in [0.15, 0.2) is 0 Å². The van der Waals surface area contributed by atoms with Crippen LogP contribution < -0.4 is 14.5 Å². The van der Waals surface area contributed by atoms with Gasteiger partial charge in [0.05, 0.1) is 18.4 Å². The van der Waals surface area contributed by atoms with Gasteiger partial charge in [-0.2, -0.15) is 5.06 Å². The Labute approximate surface area is 148 Å². The second-order valence-electron chi connectivity index (χ2n) is 5.76. The van der Waals surface area contributed by atoms with Crippen molar-refractivity contribution in [1.29, 1.82) is 0 Å². The lowest BCUT2D eigenvalue weighted by Crippen LogP contribution is -2.27. The highest BCUT2D eigenvalue weighted by Crippen LogP contribution is 2.31. The van der Waals surface area contributed by atoms with Gasteiger partial charge >= 0.3 is 0 Å². The molecular formula is C20H25NO4. The number of hydrogen-bond acceptors (Lipinski definition) is 4. The molecule has 2 aromatic carbocycles. The molecule has 5 heteroatoms. The van der Waals surface area contributed by atoms with Crippen LogP contribution in [0.3, 0.4) is 0 Å². The summed E-state index contributed by atoms with van der Waals surface area (Å²) in [5.74, 6) is 0.932. The van der Waals surface area contributed by atoms with E-state index in [0.29, 0.717) is 22.1 Å². The van der Waals surface area contributed by atoms with E-state index in [1.54, 1.807) is 32.2 Å². The Bertz CT molecular complexity index is 742. The molecule has 0 aliphatic rings. The van der Waals surface area contributed by atoms with Crippen molar-refractivity contribution in [2.45, 2.75) is 40.2 Å². The molecular weight excluding hydrogens is 318 g/mol. The second-order valence-corrected chi connectivity index (χ2v) is 5.76. The minimum absolute atomic E-state index is 0.180. The quantitative estimate of drug-likeness (QED) is 0.602. The lowest BCUT2D eigenvalue weighted by molar-refractivity contribution is -0.123. The largest absolute Gasteiger partial charge is 0.496 e. The summed E-state index contributed by atoms with van der Waals surface area (Å²) >= 11 is 0. The summed E-state index contributed by atoms with van der Waals surface area (Å²) in [6.45, 7) is 5.98. The van der Waals surface area contributed by atoms with Crippen LogP contribution in [0.5, 0.6) is 11.5 Å². The van der Waals surface area contributed by atoms with E-state index in [4.69, 9.17) is 9.47 Å². The van der Waals surface area contributed by atoms with E-state index >= 15 is 0 Å². The smallest absolute Gasteiger partial charge is 0.250 e. The average molecular weight is 343 g/mol. The van der Waals surface area contributed by atoms with Gasteiger partial charge in [-0.15, -0.1) is 0 Å². The van der Waals surface area contributed by atoms with Crippen LogP contribution >= 0.6 is 0 Å². The van der Waals surface area contributed by atoms with Crippen molar-refractivity contribution in [3.8, 4) is 11.5 Å². The Morgan fingerprint density at radius 1 is 1.16 bits per heavy atom. The summed E-state index contributed by atoms with van der Waals surface area (Å²) in [6, 6.07) is 11.2. The van der Waals surface area contributed by atoms with Crippen molar-refractivity contribution in [2.75, 3.05) is 12.2 Å². The molecule has 0 unspecified atom stereocenters. The molecule has 0 heterocycles. The first-order valence-corrected chi connectivity index (χ1v) is 8.41. The van der Waals surface area contributed by atoms with Crippen LogP contribution in [-0.2, 0) is 17.8 Å². The zero-order chi connectivity index (χ0) is 18.4. The zero-order valence-corrected chi connectivity index (χ0v) is 15.2. The number of methoxy groups -OCH3 is 1. The SMILES string of the molecule is CCC(=O)N(O)c1cccc(OC)c1COc1ccc(CC)cc1C. The number of nitrogens with zero attached hydrogens (tertiary/aromatic N) is 1. The van der Waals surface area contributed by atoms with Gasteiger partial charge in [-0.1, -0.05) is 32.0 Å². The summed E-state index contributed by atoms with van der Waals surface area (Å²) in [4.78, 5) is 11.9. The van der Waals surface area contributed by atoms with E-state index in [2.05, 4.69) is 13.0 Å². The van der Waals surface area contributed by atoms with Crippen LogP contribution in [0, 0.1) is 6.92 Å². The molecule has 0 bridgehead atoms. The normalized spacial score (nSPS) is 10.4. The van der Waals surface area contributed by atoms with Crippen LogP contribution in [-0.4, -0.2) is 18.2 Å². The van der Waals surface area contributed by atoms with Crippen molar-refractivity contribution >= 4 is 11.6 Å². The minimum Gasteiger partial charge on any atom is -0.496 e. The third-order valence-electron chi connectivity index (χ3n) is 4.11. The Morgan fingerprint density at radius 2 is 1.92 bits per heavy atom. The Hall–Kier alpha value is -2.53. The molecule has 0 atom stereocenters. The molecule has 2 rings (SSSR count). The molecule has 1 amide bonds. The fourth-order valence-electron chi connectivity index (χ4n) is 2.62. The highest BCUT2D eigenvalue weighted by molar-refractivity contribution is 5.91. The Morgan fingerprint density at radius 3 is 2.52 bits per heavy atom. The van der Waals surface area contributed by atoms with E-state index in [-0.39, 0.29) is 13.0 Å². The van der Waals surface area contributed by atoms with Crippen LogP contribution in [0.25, 0.3) is 0 Å². The first-order chi connectivity index (χ1) is 12.0. The molecule has 0 radical (unpaired) electrons. The number of benzene rings is 2. The number of carbonyl (C=O) groups excluding carboxylic acids is 1. The summed E-state index contributed by atoms with van der Waals surface area (Å²) < 4.78 is 11.3. The van der Waals surface area contributed by atoms with Crippen LogP contribution in [0.1, 0.15) is 37.0 Å². The second kappa shape index (κ2) is 8.53. The van der Waals surface area contributed by atoms with Crippen molar-refractivity contribution < 1.29 is 19.5 Å². The molecule has 2 aromatic rings. The number of ether oxygens (including phenoxy) is 2. The van der Waals surface area contributed by atoms with E-state index in [9.17, 15) is 10.0 Å². The first kappa shape index (κ1) is 18.8. The molecule has 5 nitrogen and oxygen atoms in total. The monoisotopic (exact) mass is 343 g/mol. The number of hydrogen-bond donors (Lipinski definition) is 1. The van der Waals surface area contributed by atoms with E-state index in [0.717, 1.165) is 17.7 Å². The molecule has 0 fully saturated rings. The Kier molecular flexibility index (Phi) is 6.42. The standard InChI is InChI=1S/C20H25NO4/c1-5-15-10-11-18(14(3)12-15)25-13-16-17(21(23)20(22)6-2)8-7-9-19(16)24-4/h7-12,23H,5-6,13H2,1-4H3.